The second-order valence-electron chi connectivity index (χ2n) is 7.42. The number of rotatable bonds is 5. The number of sulfonamides is 1. The van der Waals surface area contributed by atoms with Crippen molar-refractivity contribution in [3.63, 3.8) is 0 Å². The van der Waals surface area contributed by atoms with E-state index in [1.165, 1.54) is 4.31 Å². The number of amides is 1. The fourth-order valence-electron chi connectivity index (χ4n) is 4.69. The van der Waals surface area contributed by atoms with Crippen LogP contribution in [-0.2, 0) is 26.0 Å². The molecule has 150 valence electrons. The Morgan fingerprint density at radius 2 is 1.83 bits per heavy atom. The number of para-hydroxylation sites is 1. The number of hydrogen-bond acceptors (Lipinski definition) is 3. The monoisotopic (exact) mass is 408 g/mol. The molecule has 0 saturated carbocycles. The highest BCUT2D eigenvalue weighted by Gasteiger charge is 2.55. The van der Waals surface area contributed by atoms with E-state index in [4.69, 9.17) is 5.73 Å². The van der Waals surface area contributed by atoms with Crippen LogP contribution in [0.25, 0.3) is 0 Å². The Kier molecular flexibility index (Phi) is 4.82. The van der Waals surface area contributed by atoms with Gasteiger partial charge in [0.25, 0.3) is 0 Å². The number of carbonyl (C=O) groups is 1. The van der Waals surface area contributed by atoms with Crippen LogP contribution in [0, 0.1) is 5.92 Å². The van der Waals surface area contributed by atoms with Crippen molar-refractivity contribution in [2.75, 3.05) is 10.8 Å². The van der Waals surface area contributed by atoms with E-state index in [0.29, 0.717) is 36.2 Å². The zero-order chi connectivity index (χ0) is 20.6. The number of hydrogen-bond donors (Lipinski definition) is 1. The summed E-state index contributed by atoms with van der Waals surface area (Å²) in [5.74, 6) is -1.16. The molecule has 0 fully saturated rings. The molecule has 2 aliphatic rings. The molecule has 1 amide bonds. The van der Waals surface area contributed by atoms with Crippen LogP contribution < -0.4 is 10.0 Å². The summed E-state index contributed by atoms with van der Waals surface area (Å²) >= 11 is 0. The van der Waals surface area contributed by atoms with Gasteiger partial charge in [0.05, 0.1) is 5.69 Å². The third-order valence-corrected chi connectivity index (χ3v) is 8.46. The largest absolute Gasteiger partial charge is 0.366 e. The zero-order valence-corrected chi connectivity index (χ0v) is 17.1. The topological polar surface area (TPSA) is 80.5 Å². The SMILES string of the molecule is CCC1C(C(N)=O)=CC=CC1(c1ccccc1)S(=O)(=O)N1CCc2ccccc21. The highest BCUT2D eigenvalue weighted by molar-refractivity contribution is 7.94. The first-order chi connectivity index (χ1) is 13.9. The molecule has 1 aliphatic carbocycles. The van der Waals surface area contributed by atoms with Gasteiger partial charge in [0.2, 0.25) is 15.9 Å². The standard InChI is InChI=1S/C23H24N2O3S/c1-2-20-19(22(24)26)12-8-15-23(20,18-10-4-3-5-11-18)29(27,28)25-16-14-17-9-6-7-13-21(17)25/h3-13,15,20H,2,14,16H2,1H3,(H2,24,26). The highest BCUT2D eigenvalue weighted by atomic mass is 32.2. The third kappa shape index (κ3) is 2.82. The van der Waals surface area contributed by atoms with E-state index in [2.05, 4.69) is 0 Å². The number of benzene rings is 2. The van der Waals surface area contributed by atoms with Gasteiger partial charge in [-0.2, -0.15) is 0 Å². The molecule has 0 bridgehead atoms. The quantitative estimate of drug-likeness (QED) is 0.824. The Morgan fingerprint density at radius 3 is 2.52 bits per heavy atom. The number of nitrogens with two attached hydrogens (primary N) is 1. The van der Waals surface area contributed by atoms with Crippen molar-refractivity contribution in [3.8, 4) is 0 Å². The maximum Gasteiger partial charge on any atom is 0.249 e. The fourth-order valence-corrected chi connectivity index (χ4v) is 7.16. The Bertz CT molecular complexity index is 1110. The van der Waals surface area contributed by atoms with Crippen molar-refractivity contribution >= 4 is 21.6 Å². The van der Waals surface area contributed by atoms with E-state index in [1.54, 1.807) is 18.2 Å². The maximum atomic E-state index is 14.3. The number of primary amides is 1. The number of anilines is 1. The van der Waals surface area contributed by atoms with Gasteiger partial charge in [-0.15, -0.1) is 0 Å². The summed E-state index contributed by atoms with van der Waals surface area (Å²) < 4.78 is 28.7. The molecular weight excluding hydrogens is 384 g/mol. The first-order valence-corrected chi connectivity index (χ1v) is 11.2. The molecule has 2 unspecified atom stereocenters. The first-order valence-electron chi connectivity index (χ1n) is 9.78. The Balaban J connectivity index is 1.97. The first kappa shape index (κ1) is 19.5. The van der Waals surface area contributed by atoms with Crippen molar-refractivity contribution in [3.05, 3.63) is 89.5 Å². The molecule has 0 saturated heterocycles. The van der Waals surface area contributed by atoms with Gasteiger partial charge < -0.3 is 5.73 Å². The molecule has 2 aromatic rings. The molecule has 1 heterocycles. The smallest absolute Gasteiger partial charge is 0.249 e. The van der Waals surface area contributed by atoms with Gasteiger partial charge in [0.15, 0.2) is 0 Å². The van der Waals surface area contributed by atoms with Crippen LogP contribution in [0.5, 0.6) is 0 Å². The van der Waals surface area contributed by atoms with Crippen LogP contribution in [0.1, 0.15) is 24.5 Å². The summed E-state index contributed by atoms with van der Waals surface area (Å²) in [6, 6.07) is 16.7. The lowest BCUT2D eigenvalue weighted by Gasteiger charge is -2.43. The number of allylic oxidation sites excluding steroid dienone is 2. The average molecular weight is 409 g/mol. The number of carbonyl (C=O) groups excluding carboxylic acids is 1. The predicted octanol–water partition coefficient (Wildman–Crippen LogP) is 3.28. The minimum atomic E-state index is -3.92. The molecule has 0 spiro atoms. The van der Waals surface area contributed by atoms with Crippen LogP contribution >= 0.6 is 0 Å². The summed E-state index contributed by atoms with van der Waals surface area (Å²) in [4.78, 5) is 12.2. The second-order valence-corrected chi connectivity index (χ2v) is 9.49. The van der Waals surface area contributed by atoms with Gasteiger partial charge in [-0.1, -0.05) is 73.7 Å². The number of nitrogens with zero attached hydrogens (tertiary/aromatic N) is 1. The van der Waals surface area contributed by atoms with Crippen LogP contribution in [0.3, 0.4) is 0 Å². The van der Waals surface area contributed by atoms with Crippen molar-refractivity contribution in [2.24, 2.45) is 11.7 Å². The van der Waals surface area contributed by atoms with Crippen molar-refractivity contribution in [2.45, 2.75) is 24.5 Å². The van der Waals surface area contributed by atoms with Gasteiger partial charge in [-0.05, 0) is 30.0 Å². The molecule has 2 N–H and O–H groups in total. The van der Waals surface area contributed by atoms with Crippen molar-refractivity contribution in [1.82, 2.24) is 0 Å². The fraction of sp³-hybridized carbons (Fsp3) is 0.261. The van der Waals surface area contributed by atoms with Crippen molar-refractivity contribution < 1.29 is 13.2 Å². The van der Waals surface area contributed by atoms with Gasteiger partial charge in [-0.3, -0.25) is 9.10 Å². The Hall–Kier alpha value is -2.86. The lowest BCUT2D eigenvalue weighted by Crippen LogP contribution is -2.51. The second kappa shape index (κ2) is 7.19. The van der Waals surface area contributed by atoms with Gasteiger partial charge in [0.1, 0.15) is 4.75 Å². The molecule has 0 radical (unpaired) electrons. The molecule has 4 rings (SSSR count). The van der Waals surface area contributed by atoms with Gasteiger partial charge in [-0.25, -0.2) is 8.42 Å². The van der Waals surface area contributed by atoms with E-state index in [9.17, 15) is 13.2 Å². The summed E-state index contributed by atoms with van der Waals surface area (Å²) in [5.41, 5.74) is 8.36. The average Bonchev–Trinajstić information content (AvgIpc) is 3.18. The molecule has 5 nitrogen and oxygen atoms in total. The zero-order valence-electron chi connectivity index (χ0n) is 16.3. The molecule has 2 aromatic carbocycles. The minimum Gasteiger partial charge on any atom is -0.366 e. The Morgan fingerprint density at radius 1 is 1.14 bits per heavy atom. The molecule has 6 heteroatoms. The summed E-state index contributed by atoms with van der Waals surface area (Å²) in [5, 5.41) is 0. The maximum absolute atomic E-state index is 14.3. The molecule has 1 aliphatic heterocycles. The van der Waals surface area contributed by atoms with E-state index in [-0.39, 0.29) is 0 Å². The van der Waals surface area contributed by atoms with Gasteiger partial charge in [0, 0.05) is 18.0 Å². The van der Waals surface area contributed by atoms with E-state index >= 15 is 0 Å². The van der Waals surface area contributed by atoms with Crippen molar-refractivity contribution in [1.29, 1.82) is 0 Å². The summed E-state index contributed by atoms with van der Waals surface area (Å²) in [7, 11) is -3.92. The summed E-state index contributed by atoms with van der Waals surface area (Å²) in [6.45, 7) is 2.28. The Labute approximate surface area is 171 Å². The summed E-state index contributed by atoms with van der Waals surface area (Å²) in [6.07, 6.45) is 6.14. The lowest BCUT2D eigenvalue weighted by molar-refractivity contribution is -0.115. The molecule has 0 aromatic heterocycles. The van der Waals surface area contributed by atoms with Gasteiger partial charge >= 0.3 is 0 Å². The van der Waals surface area contributed by atoms with Crippen LogP contribution in [0.4, 0.5) is 5.69 Å². The van der Waals surface area contributed by atoms with Crippen LogP contribution in [0.2, 0.25) is 0 Å². The van der Waals surface area contributed by atoms with Crippen LogP contribution in [0.15, 0.2) is 78.4 Å². The number of fused-ring (bicyclic) bond motifs is 1. The molecule has 29 heavy (non-hydrogen) atoms. The molecule has 2 atom stereocenters. The van der Waals surface area contributed by atoms with E-state index < -0.39 is 26.6 Å². The minimum absolute atomic E-state index is 0.343. The third-order valence-electron chi connectivity index (χ3n) is 5.99. The lowest BCUT2D eigenvalue weighted by atomic mass is 9.75. The van der Waals surface area contributed by atoms with E-state index in [1.807, 2.05) is 61.5 Å². The highest BCUT2D eigenvalue weighted by Crippen LogP contribution is 2.49. The van der Waals surface area contributed by atoms with E-state index in [0.717, 1.165) is 5.56 Å². The molecular formula is C23H24N2O3S. The van der Waals surface area contributed by atoms with Crippen LogP contribution in [-0.4, -0.2) is 20.9 Å². The predicted molar refractivity (Wildman–Crippen MR) is 115 cm³/mol. The normalized spacial score (nSPS) is 23.6.